The molecule has 33 heavy (non-hydrogen) atoms. The van der Waals surface area contributed by atoms with Crippen molar-refractivity contribution in [3.8, 4) is 11.5 Å². The van der Waals surface area contributed by atoms with Crippen LogP contribution in [0.4, 0.5) is 0 Å². The van der Waals surface area contributed by atoms with Crippen molar-refractivity contribution in [1.29, 1.82) is 0 Å². The molecular weight excluding hydrogens is 410 g/mol. The lowest BCUT2D eigenvalue weighted by Gasteiger charge is -2.30. The van der Waals surface area contributed by atoms with Crippen LogP contribution < -0.4 is 4.74 Å². The summed E-state index contributed by atoms with van der Waals surface area (Å²) in [5.74, 6) is 1.37. The first kappa shape index (κ1) is 21.4. The van der Waals surface area contributed by atoms with Crippen molar-refractivity contribution in [1.82, 2.24) is 0 Å². The van der Waals surface area contributed by atoms with E-state index < -0.39 is 11.6 Å². The van der Waals surface area contributed by atoms with E-state index in [0.717, 1.165) is 35.6 Å². The molecule has 0 N–H and O–H groups in total. The zero-order chi connectivity index (χ0) is 23.0. The highest BCUT2D eigenvalue weighted by molar-refractivity contribution is 6.08. The summed E-state index contributed by atoms with van der Waals surface area (Å²) in [5, 5.41) is 0. The maximum Gasteiger partial charge on any atom is 0.332 e. The van der Waals surface area contributed by atoms with E-state index in [1.165, 1.54) is 11.1 Å². The Labute approximate surface area is 195 Å². The number of esters is 1. The maximum atomic E-state index is 13.3. The summed E-state index contributed by atoms with van der Waals surface area (Å²) >= 11 is 0. The van der Waals surface area contributed by atoms with Gasteiger partial charge < -0.3 is 9.47 Å². The molecule has 1 heterocycles. The van der Waals surface area contributed by atoms with Gasteiger partial charge in [-0.3, -0.25) is 4.99 Å². The zero-order valence-electron chi connectivity index (χ0n) is 19.3. The Morgan fingerprint density at radius 1 is 0.909 bits per heavy atom. The van der Waals surface area contributed by atoms with Gasteiger partial charge in [0, 0.05) is 17.5 Å². The Hall–Kier alpha value is -3.40. The third-order valence-corrected chi connectivity index (χ3v) is 6.29. The summed E-state index contributed by atoms with van der Waals surface area (Å²) in [5.41, 5.74) is 4.00. The number of fused-ring (bicyclic) bond motifs is 3. The molecule has 0 saturated carbocycles. The highest BCUT2D eigenvalue weighted by Crippen LogP contribution is 2.45. The van der Waals surface area contributed by atoms with Crippen LogP contribution in [0.3, 0.4) is 0 Å². The Morgan fingerprint density at radius 3 is 2.42 bits per heavy atom. The Morgan fingerprint density at radius 2 is 1.64 bits per heavy atom. The zero-order valence-corrected chi connectivity index (χ0v) is 19.3. The van der Waals surface area contributed by atoms with Gasteiger partial charge in [0.25, 0.3) is 0 Å². The summed E-state index contributed by atoms with van der Waals surface area (Å²) in [6.45, 7) is 5.70. The number of benzene rings is 3. The molecule has 0 saturated heterocycles. The number of para-hydroxylation sites is 1. The second kappa shape index (κ2) is 8.51. The van der Waals surface area contributed by atoms with E-state index in [4.69, 9.17) is 14.5 Å². The van der Waals surface area contributed by atoms with Gasteiger partial charge in [-0.1, -0.05) is 54.6 Å². The average Bonchev–Trinajstić information content (AvgIpc) is 3.19. The molecule has 0 amide bonds. The third-order valence-electron chi connectivity index (χ3n) is 6.29. The summed E-state index contributed by atoms with van der Waals surface area (Å²) in [6.07, 6.45) is 1.95. The minimum absolute atomic E-state index is 0.0810. The number of carbonyl (C=O) groups is 1. The SMILES string of the molecule is CC(C)(C)OC(=O)[C@@H]1N=C2c3ccccc3CC[C@@H]2[C@H]1c1cccc(Oc2ccccc2)c1. The fourth-order valence-electron chi connectivity index (χ4n) is 4.99. The molecule has 2 aliphatic rings. The molecular formula is C29H29NO3. The van der Waals surface area contributed by atoms with Crippen LogP contribution in [0.2, 0.25) is 0 Å². The lowest BCUT2D eigenvalue weighted by molar-refractivity contribution is -0.156. The number of carbonyl (C=O) groups excluding carboxylic acids is 1. The van der Waals surface area contributed by atoms with Crippen molar-refractivity contribution in [2.75, 3.05) is 0 Å². The van der Waals surface area contributed by atoms with Crippen LogP contribution in [-0.4, -0.2) is 23.3 Å². The average molecular weight is 440 g/mol. The minimum Gasteiger partial charge on any atom is -0.458 e. The van der Waals surface area contributed by atoms with Crippen LogP contribution in [0.1, 0.15) is 49.8 Å². The minimum atomic E-state index is -0.567. The number of aryl methyl sites for hydroxylation is 1. The van der Waals surface area contributed by atoms with Crippen molar-refractivity contribution in [3.63, 3.8) is 0 Å². The fraction of sp³-hybridized carbons (Fsp3) is 0.310. The molecule has 5 rings (SSSR count). The number of hydrogen-bond donors (Lipinski definition) is 0. The number of nitrogens with zero attached hydrogens (tertiary/aromatic N) is 1. The predicted octanol–water partition coefficient (Wildman–Crippen LogP) is 6.34. The molecule has 4 heteroatoms. The van der Waals surface area contributed by atoms with Crippen molar-refractivity contribution >= 4 is 11.7 Å². The fourth-order valence-corrected chi connectivity index (χ4v) is 4.99. The topological polar surface area (TPSA) is 47.9 Å². The summed E-state index contributed by atoms with van der Waals surface area (Å²) < 4.78 is 11.9. The lowest BCUT2D eigenvalue weighted by Crippen LogP contribution is -2.35. The van der Waals surface area contributed by atoms with Gasteiger partial charge in [-0.05, 0) is 74.6 Å². The Balaban J connectivity index is 1.52. The summed E-state index contributed by atoms with van der Waals surface area (Å²) in [6, 6.07) is 25.7. The molecule has 3 atom stereocenters. The molecule has 0 aromatic heterocycles. The molecule has 4 nitrogen and oxygen atoms in total. The molecule has 0 unspecified atom stereocenters. The maximum absolute atomic E-state index is 13.3. The van der Waals surface area contributed by atoms with Crippen LogP contribution in [0.15, 0.2) is 83.9 Å². The van der Waals surface area contributed by atoms with Crippen LogP contribution in [0.25, 0.3) is 0 Å². The van der Waals surface area contributed by atoms with E-state index in [2.05, 4.69) is 24.3 Å². The van der Waals surface area contributed by atoms with E-state index >= 15 is 0 Å². The molecule has 0 spiro atoms. The van der Waals surface area contributed by atoms with Crippen LogP contribution >= 0.6 is 0 Å². The highest BCUT2D eigenvalue weighted by atomic mass is 16.6. The van der Waals surface area contributed by atoms with E-state index in [1.807, 2.05) is 75.4 Å². The van der Waals surface area contributed by atoms with Gasteiger partial charge in [-0.15, -0.1) is 0 Å². The first-order valence-corrected chi connectivity index (χ1v) is 11.6. The van der Waals surface area contributed by atoms with E-state index in [1.54, 1.807) is 0 Å². The van der Waals surface area contributed by atoms with E-state index in [0.29, 0.717) is 0 Å². The van der Waals surface area contributed by atoms with Crippen molar-refractivity contribution in [2.24, 2.45) is 10.9 Å². The number of aliphatic imine (C=N–C) groups is 1. The highest BCUT2D eigenvalue weighted by Gasteiger charge is 2.46. The number of ether oxygens (including phenoxy) is 2. The van der Waals surface area contributed by atoms with Gasteiger partial charge in [0.2, 0.25) is 0 Å². The van der Waals surface area contributed by atoms with E-state index in [-0.39, 0.29) is 17.8 Å². The van der Waals surface area contributed by atoms with Crippen molar-refractivity contribution in [3.05, 3.63) is 95.6 Å². The molecule has 0 fully saturated rings. The first-order chi connectivity index (χ1) is 15.9. The normalized spacial score (nSPS) is 21.5. The van der Waals surface area contributed by atoms with Crippen molar-refractivity contribution in [2.45, 2.75) is 51.2 Å². The number of rotatable bonds is 4. The molecule has 168 valence electrons. The van der Waals surface area contributed by atoms with Gasteiger partial charge >= 0.3 is 5.97 Å². The van der Waals surface area contributed by atoms with Gasteiger partial charge in [0.05, 0.1) is 0 Å². The molecule has 0 radical (unpaired) electrons. The molecule has 0 bridgehead atoms. The third kappa shape index (κ3) is 4.43. The summed E-state index contributed by atoms with van der Waals surface area (Å²) in [4.78, 5) is 18.3. The van der Waals surface area contributed by atoms with Crippen LogP contribution in [0, 0.1) is 5.92 Å². The quantitative estimate of drug-likeness (QED) is 0.446. The molecule has 1 aliphatic heterocycles. The predicted molar refractivity (Wildman–Crippen MR) is 130 cm³/mol. The monoisotopic (exact) mass is 439 g/mol. The van der Waals surface area contributed by atoms with E-state index in [9.17, 15) is 4.79 Å². The second-order valence-corrected chi connectivity index (χ2v) is 9.81. The number of hydrogen-bond acceptors (Lipinski definition) is 4. The lowest BCUT2D eigenvalue weighted by atomic mass is 9.73. The van der Waals surface area contributed by atoms with Gasteiger partial charge in [0.15, 0.2) is 6.04 Å². The largest absolute Gasteiger partial charge is 0.458 e. The molecule has 3 aromatic carbocycles. The van der Waals surface area contributed by atoms with Gasteiger partial charge in [-0.2, -0.15) is 0 Å². The van der Waals surface area contributed by atoms with Crippen LogP contribution in [-0.2, 0) is 16.0 Å². The molecule has 1 aliphatic carbocycles. The Kier molecular flexibility index (Phi) is 5.53. The van der Waals surface area contributed by atoms with Crippen LogP contribution in [0.5, 0.6) is 11.5 Å². The van der Waals surface area contributed by atoms with Gasteiger partial charge in [0.1, 0.15) is 17.1 Å². The molecule has 3 aromatic rings. The Bertz CT molecular complexity index is 1190. The second-order valence-electron chi connectivity index (χ2n) is 9.81. The van der Waals surface area contributed by atoms with Gasteiger partial charge in [-0.25, -0.2) is 4.79 Å². The smallest absolute Gasteiger partial charge is 0.332 e. The first-order valence-electron chi connectivity index (χ1n) is 11.6. The standard InChI is InChI=1S/C29H29NO3/c1-29(2,3)33-28(31)27-25(24-17-16-19-10-7-8-15-23(19)26(24)30-27)20-11-9-14-22(18-20)32-21-12-5-4-6-13-21/h4-15,18,24-25,27H,16-17H2,1-3H3/t24-,25-,27-/m1/s1. The summed E-state index contributed by atoms with van der Waals surface area (Å²) in [7, 11) is 0. The van der Waals surface area contributed by atoms with Crippen molar-refractivity contribution < 1.29 is 14.3 Å².